The molecule has 2 aliphatic heterocycles. The summed E-state index contributed by atoms with van der Waals surface area (Å²) in [6.45, 7) is 7.89. The fourth-order valence-electron chi connectivity index (χ4n) is 15.7. The molecule has 2 heterocycles. The van der Waals surface area contributed by atoms with Gasteiger partial charge in [0.05, 0.1) is 13.2 Å². The van der Waals surface area contributed by atoms with E-state index in [1.807, 2.05) is 0 Å². The third-order valence-electron chi connectivity index (χ3n) is 23.3. The van der Waals surface area contributed by atoms with E-state index < -0.39 is 162 Å². The molecule has 19 unspecified atom stereocenters. The molecular formula is C92H169O25P. The first-order valence-corrected chi connectivity index (χ1v) is 49.0. The number of allylic oxidation sites excluding steroid dienone is 4. The van der Waals surface area contributed by atoms with Gasteiger partial charge in [0.2, 0.25) is 0 Å². The molecule has 0 spiro atoms. The lowest BCUT2D eigenvalue weighted by Gasteiger charge is -2.50. The van der Waals surface area contributed by atoms with E-state index >= 15 is 0 Å². The minimum atomic E-state index is -5.81. The van der Waals surface area contributed by atoms with Crippen molar-refractivity contribution in [2.45, 2.75) is 505 Å². The van der Waals surface area contributed by atoms with Gasteiger partial charge >= 0.3 is 31.7 Å². The van der Waals surface area contributed by atoms with E-state index in [4.69, 9.17) is 46.9 Å². The fourth-order valence-corrected chi connectivity index (χ4v) is 16.6. The number of hydrogen-bond donors (Lipinski definition) is 10. The lowest BCUT2D eigenvalue weighted by molar-refractivity contribution is -0.360. The zero-order chi connectivity index (χ0) is 86.2. The van der Waals surface area contributed by atoms with E-state index in [0.29, 0.717) is 38.0 Å². The number of ether oxygens (including phenoxy) is 8. The highest BCUT2D eigenvalue weighted by Crippen LogP contribution is 2.49. The minimum absolute atomic E-state index is 0.00948. The molecule has 26 heteroatoms. The van der Waals surface area contributed by atoms with Crippen molar-refractivity contribution in [2.75, 3.05) is 26.4 Å². The standard InChI is InChI=1S/C92H169O25P/c1-6-10-14-18-22-25-28-31-33-36-38-41-44-51-57-63-75(94)108-68-72(111-77(96)65-59-54-48-47-50-56-62-71(5)61-55-49-21-17-13-9-4)69-110-118(106,107)117-90-88(115-91-85(104)81(100)79(98)73(67-93)112-91)84(103)83(102)87(114-78(97)66-60-53-46-43-40-35-30-27-24-20-16-12-8-3)89(90)116-92-86(105)82(101)80(99)74(113-92)70-109-76(95)64-58-52-45-42-39-37-34-32-29-26-23-19-15-11-7-2/h25-26,28-29,71-74,79-93,98-105H,6-24,27,30-70H2,1-5H3,(H,106,107)/b28-25-,29-26-. The Morgan fingerprint density at radius 3 is 1.10 bits per heavy atom. The van der Waals surface area contributed by atoms with Crippen molar-refractivity contribution < 1.29 is 122 Å². The molecule has 19 atom stereocenters. The van der Waals surface area contributed by atoms with Crippen molar-refractivity contribution in [1.82, 2.24) is 0 Å². The third-order valence-corrected chi connectivity index (χ3v) is 24.3. The second-order valence-corrected chi connectivity index (χ2v) is 35.6. The summed E-state index contributed by atoms with van der Waals surface area (Å²) in [7, 11) is -5.81. The Morgan fingerprint density at radius 1 is 0.356 bits per heavy atom. The Hall–Kier alpha value is -3.05. The number of phosphoric ester groups is 1. The van der Waals surface area contributed by atoms with Crippen LogP contribution in [0.5, 0.6) is 0 Å². The number of aliphatic hydroxyl groups excluding tert-OH is 9. The topological polar surface area (TPSA) is 380 Å². The second kappa shape index (κ2) is 70.2. The zero-order valence-corrected chi connectivity index (χ0v) is 74.8. The molecule has 3 rings (SSSR count). The number of aliphatic hydroxyl groups is 9. The van der Waals surface area contributed by atoms with Gasteiger partial charge in [-0.05, 0) is 83.0 Å². The van der Waals surface area contributed by atoms with E-state index in [9.17, 15) is 74.6 Å². The molecule has 0 amide bonds. The van der Waals surface area contributed by atoms with E-state index in [1.54, 1.807) is 0 Å². The van der Waals surface area contributed by atoms with Crippen LogP contribution in [0.1, 0.15) is 401 Å². The molecule has 0 aromatic carbocycles. The first-order chi connectivity index (χ1) is 57.1. The van der Waals surface area contributed by atoms with E-state index in [2.05, 4.69) is 58.9 Å². The van der Waals surface area contributed by atoms with Crippen molar-refractivity contribution >= 4 is 31.7 Å². The van der Waals surface area contributed by atoms with Gasteiger partial charge in [0.15, 0.2) is 24.8 Å². The van der Waals surface area contributed by atoms with Gasteiger partial charge < -0.3 is 88.7 Å². The van der Waals surface area contributed by atoms with Crippen LogP contribution in [0.25, 0.3) is 0 Å². The monoisotopic (exact) mass is 1710 g/mol. The fraction of sp³-hybridized carbons (Fsp3) is 0.913. The van der Waals surface area contributed by atoms with Gasteiger partial charge in [-0.1, -0.05) is 322 Å². The summed E-state index contributed by atoms with van der Waals surface area (Å²) in [5.74, 6) is -2.30. The molecule has 1 aliphatic carbocycles. The van der Waals surface area contributed by atoms with Gasteiger partial charge in [-0.3, -0.25) is 28.2 Å². The summed E-state index contributed by atoms with van der Waals surface area (Å²) in [5, 5.41) is 102. The summed E-state index contributed by atoms with van der Waals surface area (Å²) in [6, 6.07) is 0. The van der Waals surface area contributed by atoms with Crippen LogP contribution in [-0.2, 0) is 70.7 Å². The SMILES string of the molecule is CCCCCC/C=C\CCCCCCCCCC(=O)OCC(COP(=O)(O)OC1C(OC2OC(CO)C(O)C(O)C2O)C(O)C(O)C(OC(=O)CCCCCCCCCCCCCCC)C1OC1OC(COC(=O)CCCCCCCCC/C=C\CCCCCC)C(O)C(O)C1O)OC(=O)CCCCCCCCC(C)CCCCCCCC. The van der Waals surface area contributed by atoms with Gasteiger partial charge in [0, 0.05) is 25.7 Å². The van der Waals surface area contributed by atoms with Crippen molar-refractivity contribution in [1.29, 1.82) is 0 Å². The number of rotatable bonds is 76. The predicted molar refractivity (Wildman–Crippen MR) is 458 cm³/mol. The molecule has 3 aliphatic rings. The Morgan fingerprint density at radius 2 is 0.686 bits per heavy atom. The highest BCUT2D eigenvalue weighted by Gasteiger charge is 2.60. The average molecular weight is 1710 g/mol. The first kappa shape index (κ1) is 109. The summed E-state index contributed by atoms with van der Waals surface area (Å²) < 4.78 is 73.5. The maximum Gasteiger partial charge on any atom is 0.472 e. The molecule has 118 heavy (non-hydrogen) atoms. The van der Waals surface area contributed by atoms with Gasteiger partial charge in [-0.15, -0.1) is 0 Å². The molecule has 25 nitrogen and oxygen atoms in total. The molecule has 0 radical (unpaired) electrons. The van der Waals surface area contributed by atoms with E-state index in [-0.39, 0.29) is 25.7 Å². The molecule has 3 fully saturated rings. The van der Waals surface area contributed by atoms with Crippen LogP contribution in [-0.4, -0.2) is 205 Å². The lowest BCUT2D eigenvalue weighted by atomic mass is 9.84. The number of carbonyl (C=O) groups excluding carboxylic acids is 4. The smallest absolute Gasteiger partial charge is 0.463 e. The lowest BCUT2D eigenvalue weighted by Crippen LogP contribution is -2.70. The molecular weight excluding hydrogens is 1540 g/mol. The highest BCUT2D eigenvalue weighted by molar-refractivity contribution is 7.47. The zero-order valence-electron chi connectivity index (χ0n) is 73.9. The van der Waals surface area contributed by atoms with Crippen molar-refractivity contribution in [2.24, 2.45) is 5.92 Å². The van der Waals surface area contributed by atoms with Gasteiger partial charge in [0.25, 0.3) is 0 Å². The van der Waals surface area contributed by atoms with Crippen LogP contribution in [0.15, 0.2) is 24.3 Å². The highest BCUT2D eigenvalue weighted by atomic mass is 31.2. The summed E-state index contributed by atoms with van der Waals surface area (Å²) in [4.78, 5) is 66.5. The van der Waals surface area contributed by atoms with Crippen LogP contribution in [0.4, 0.5) is 0 Å². The van der Waals surface area contributed by atoms with Crippen LogP contribution in [0.3, 0.4) is 0 Å². The third kappa shape index (κ3) is 50.2. The predicted octanol–water partition coefficient (Wildman–Crippen LogP) is 17.6. The maximum absolute atomic E-state index is 14.9. The molecule has 0 bridgehead atoms. The Balaban J connectivity index is 1.92. The quantitative estimate of drug-likeness (QED) is 0.00889. The van der Waals surface area contributed by atoms with Crippen LogP contribution in [0, 0.1) is 5.92 Å². The van der Waals surface area contributed by atoms with Crippen molar-refractivity contribution in [3.63, 3.8) is 0 Å². The number of carbonyl (C=O) groups is 4. The maximum atomic E-state index is 14.9. The number of esters is 4. The van der Waals surface area contributed by atoms with Crippen molar-refractivity contribution in [3.05, 3.63) is 24.3 Å². The molecule has 10 N–H and O–H groups in total. The number of unbranched alkanes of at least 4 members (excludes halogenated alkanes) is 44. The average Bonchev–Trinajstić information content (AvgIpc) is 0.754. The van der Waals surface area contributed by atoms with Crippen LogP contribution >= 0.6 is 7.82 Å². The summed E-state index contributed by atoms with van der Waals surface area (Å²) in [6.07, 6.45) is 28.8. The normalized spacial score (nSPS) is 25.3. The van der Waals surface area contributed by atoms with E-state index in [0.717, 1.165) is 167 Å². The largest absolute Gasteiger partial charge is 0.472 e. The summed E-state index contributed by atoms with van der Waals surface area (Å²) >= 11 is 0. The van der Waals surface area contributed by atoms with Gasteiger partial charge in [0.1, 0.15) is 92.6 Å². The molecule has 0 aromatic heterocycles. The Bertz CT molecular complexity index is 2570. The number of phosphoric acid groups is 1. The minimum Gasteiger partial charge on any atom is -0.463 e. The van der Waals surface area contributed by atoms with Gasteiger partial charge in [-0.2, -0.15) is 0 Å². The van der Waals surface area contributed by atoms with Crippen molar-refractivity contribution in [3.8, 4) is 0 Å². The summed E-state index contributed by atoms with van der Waals surface area (Å²) in [5.41, 5.74) is 0. The first-order valence-electron chi connectivity index (χ1n) is 47.5. The van der Waals surface area contributed by atoms with Crippen LogP contribution in [0.2, 0.25) is 0 Å². The molecule has 2 saturated heterocycles. The number of hydrogen-bond acceptors (Lipinski definition) is 24. The Labute approximate surface area is 711 Å². The molecule has 0 aromatic rings. The Kier molecular flexibility index (Phi) is 64.9. The van der Waals surface area contributed by atoms with Gasteiger partial charge in [-0.25, -0.2) is 4.57 Å². The van der Waals surface area contributed by atoms with E-state index in [1.165, 1.54) is 141 Å². The van der Waals surface area contributed by atoms with Crippen LogP contribution < -0.4 is 0 Å². The second-order valence-electron chi connectivity index (χ2n) is 34.1. The molecule has 692 valence electrons. The molecule has 1 saturated carbocycles.